The van der Waals surface area contributed by atoms with Crippen LogP contribution in [0.3, 0.4) is 0 Å². The quantitative estimate of drug-likeness (QED) is 0.344. The second kappa shape index (κ2) is 7.39. The third-order valence-electron chi connectivity index (χ3n) is 13.0. The highest BCUT2D eigenvalue weighted by molar-refractivity contribution is 5.40. The zero-order chi connectivity index (χ0) is 27.6. The van der Waals surface area contributed by atoms with Crippen LogP contribution < -0.4 is 5.63 Å². The third kappa shape index (κ3) is 2.60. The summed E-state index contributed by atoms with van der Waals surface area (Å²) < 4.78 is 37.8. The molecule has 0 aromatic carbocycles. The Morgan fingerprint density at radius 1 is 1.00 bits per heavy atom. The van der Waals surface area contributed by atoms with E-state index in [9.17, 15) is 20.1 Å². The summed E-state index contributed by atoms with van der Waals surface area (Å²) >= 11 is 0. The Hall–Kier alpha value is -1.37. The third-order valence-corrected chi connectivity index (χ3v) is 13.0. The Kier molecular flexibility index (Phi) is 4.65. The molecule has 4 aliphatic heterocycles. The van der Waals surface area contributed by atoms with Crippen LogP contribution in [0.4, 0.5) is 0 Å². The lowest BCUT2D eigenvalue weighted by atomic mass is 9.41. The minimum absolute atomic E-state index is 0.0162. The Morgan fingerprint density at radius 3 is 2.58 bits per heavy atom. The molecule has 0 amide bonds. The number of hydrogen-bond donors (Lipinski definition) is 3. The Morgan fingerprint density at radius 2 is 1.80 bits per heavy atom. The smallest absolute Gasteiger partial charge is 0.335 e. The van der Waals surface area contributed by atoms with Crippen LogP contribution in [0.1, 0.15) is 70.8 Å². The van der Waals surface area contributed by atoms with Gasteiger partial charge in [-0.1, -0.05) is 13.8 Å². The summed E-state index contributed by atoms with van der Waals surface area (Å²) in [5, 5.41) is 36.9. The number of rotatable bonds is 1. The second-order valence-corrected chi connectivity index (χ2v) is 14.5. The summed E-state index contributed by atoms with van der Waals surface area (Å²) in [6.07, 6.45) is 1.29. The first-order valence-electron chi connectivity index (χ1n) is 15.0. The molecule has 0 unspecified atom stereocenters. The molecule has 1 aromatic rings. The van der Waals surface area contributed by atoms with Gasteiger partial charge in [-0.15, -0.1) is 0 Å². The van der Waals surface area contributed by atoms with E-state index in [1.165, 1.54) is 12.3 Å². The largest absolute Gasteiger partial charge is 0.431 e. The van der Waals surface area contributed by atoms with Crippen LogP contribution in [0, 0.1) is 22.7 Å². The van der Waals surface area contributed by atoms with Gasteiger partial charge in [-0.05, 0) is 61.5 Å². The fourth-order valence-corrected chi connectivity index (χ4v) is 11.3. The van der Waals surface area contributed by atoms with E-state index in [0.29, 0.717) is 25.7 Å². The average molecular weight is 559 g/mol. The Labute approximate surface area is 231 Å². The van der Waals surface area contributed by atoms with Crippen LogP contribution in [-0.4, -0.2) is 81.3 Å². The fraction of sp³-hybridized carbons (Fsp3) is 0.833. The van der Waals surface area contributed by atoms with Gasteiger partial charge in [-0.2, -0.15) is 0 Å². The first-order valence-corrected chi connectivity index (χ1v) is 15.0. The van der Waals surface area contributed by atoms with Gasteiger partial charge in [0.2, 0.25) is 0 Å². The maximum atomic E-state index is 12.8. The van der Waals surface area contributed by atoms with Crippen LogP contribution in [0.2, 0.25) is 0 Å². The minimum Gasteiger partial charge on any atom is -0.431 e. The average Bonchev–Trinajstić information content (AvgIpc) is 3.42. The summed E-state index contributed by atoms with van der Waals surface area (Å²) in [6, 6.07) is 3.07. The van der Waals surface area contributed by atoms with Crippen LogP contribution >= 0.6 is 0 Å². The van der Waals surface area contributed by atoms with Gasteiger partial charge in [0, 0.05) is 30.2 Å². The van der Waals surface area contributed by atoms with E-state index in [1.807, 2.05) is 13.8 Å². The van der Waals surface area contributed by atoms with E-state index in [2.05, 4.69) is 6.92 Å². The van der Waals surface area contributed by atoms with E-state index in [-0.39, 0.29) is 42.4 Å². The molecule has 1 aromatic heterocycles. The highest BCUT2D eigenvalue weighted by Crippen LogP contribution is 2.79. The first-order chi connectivity index (χ1) is 19.0. The van der Waals surface area contributed by atoms with Gasteiger partial charge in [0.25, 0.3) is 0 Å². The predicted octanol–water partition coefficient (Wildman–Crippen LogP) is 1.58. The fourth-order valence-electron chi connectivity index (χ4n) is 11.3. The SMILES string of the molecule is C[C@H]1C[C@@H]2O[C@]34C[C@@]5(C)[C@@H](C[C@@H]6O[C@]67[C@@H]5[C@H](O)[C@@H](O)[C@]5(C)[C@@H](c6ccc(=O)oc6)CC[C@@]57O)C[C@H]3O[C@H](O1)[C@H]2O4. The van der Waals surface area contributed by atoms with Gasteiger partial charge in [-0.3, -0.25) is 0 Å². The molecule has 2 bridgehead atoms. The predicted molar refractivity (Wildman–Crippen MR) is 135 cm³/mol. The lowest BCUT2D eigenvalue weighted by Gasteiger charge is -2.66. The molecular weight excluding hydrogens is 520 g/mol. The molecule has 2 spiro atoms. The summed E-state index contributed by atoms with van der Waals surface area (Å²) in [4.78, 5) is 11.7. The van der Waals surface area contributed by atoms with Crippen molar-refractivity contribution < 1.29 is 43.4 Å². The summed E-state index contributed by atoms with van der Waals surface area (Å²) in [6.45, 7) is 6.05. The van der Waals surface area contributed by atoms with E-state index in [4.69, 9.17) is 28.1 Å². The van der Waals surface area contributed by atoms with Crippen LogP contribution in [0.25, 0.3) is 0 Å². The molecular formula is C30H38O10. The molecule has 4 aliphatic carbocycles. The van der Waals surface area contributed by atoms with E-state index in [1.54, 1.807) is 6.07 Å². The molecule has 10 heteroatoms. The molecule has 16 atom stereocenters. The molecule has 4 saturated carbocycles. The number of aliphatic hydroxyl groups excluding tert-OH is 2. The molecule has 218 valence electrons. The van der Waals surface area contributed by atoms with Crippen molar-refractivity contribution in [3.8, 4) is 0 Å². The normalized spacial score (nSPS) is 62.5. The highest BCUT2D eigenvalue weighted by Gasteiger charge is 2.89. The second-order valence-electron chi connectivity index (χ2n) is 14.5. The maximum absolute atomic E-state index is 12.8. The van der Waals surface area contributed by atoms with Crippen molar-refractivity contribution in [2.75, 3.05) is 0 Å². The molecule has 9 rings (SSSR count). The monoisotopic (exact) mass is 558 g/mol. The molecule has 4 saturated heterocycles. The Bertz CT molecular complexity index is 1310. The topological polar surface area (TPSA) is 140 Å². The van der Waals surface area contributed by atoms with Gasteiger partial charge in [-0.25, -0.2) is 4.79 Å². The number of hydrogen-bond acceptors (Lipinski definition) is 10. The van der Waals surface area contributed by atoms with Crippen molar-refractivity contribution in [1.29, 1.82) is 0 Å². The van der Waals surface area contributed by atoms with Crippen molar-refractivity contribution in [2.24, 2.45) is 22.7 Å². The molecule has 10 nitrogen and oxygen atoms in total. The zero-order valence-corrected chi connectivity index (χ0v) is 23.0. The molecule has 3 N–H and O–H groups in total. The van der Waals surface area contributed by atoms with Crippen molar-refractivity contribution in [3.63, 3.8) is 0 Å². The van der Waals surface area contributed by atoms with E-state index < -0.39 is 57.9 Å². The summed E-state index contributed by atoms with van der Waals surface area (Å²) in [5.41, 5.74) is -3.77. The van der Waals surface area contributed by atoms with Gasteiger partial charge >= 0.3 is 5.63 Å². The maximum Gasteiger partial charge on any atom is 0.335 e. The van der Waals surface area contributed by atoms with Crippen molar-refractivity contribution in [2.45, 2.75) is 131 Å². The number of ether oxygens (including phenoxy) is 5. The summed E-state index contributed by atoms with van der Waals surface area (Å²) in [7, 11) is 0. The van der Waals surface area contributed by atoms with Crippen molar-refractivity contribution >= 4 is 0 Å². The van der Waals surface area contributed by atoms with Gasteiger partial charge in [0.05, 0.1) is 36.8 Å². The van der Waals surface area contributed by atoms with Crippen molar-refractivity contribution in [1.82, 2.24) is 0 Å². The van der Waals surface area contributed by atoms with Gasteiger partial charge in [0.1, 0.15) is 23.4 Å². The van der Waals surface area contributed by atoms with Gasteiger partial charge in [0.15, 0.2) is 12.1 Å². The lowest BCUT2D eigenvalue weighted by molar-refractivity contribution is -0.379. The lowest BCUT2D eigenvalue weighted by Crippen LogP contribution is -2.77. The van der Waals surface area contributed by atoms with E-state index >= 15 is 0 Å². The van der Waals surface area contributed by atoms with Gasteiger partial charge < -0.3 is 43.4 Å². The molecule has 0 radical (unpaired) electrons. The highest BCUT2D eigenvalue weighted by atomic mass is 16.8. The number of aliphatic hydroxyl groups is 3. The molecule has 8 fully saturated rings. The van der Waals surface area contributed by atoms with Crippen LogP contribution in [0.5, 0.6) is 0 Å². The zero-order valence-electron chi connectivity index (χ0n) is 23.0. The van der Waals surface area contributed by atoms with Crippen LogP contribution in [-0.2, 0) is 23.7 Å². The van der Waals surface area contributed by atoms with Crippen molar-refractivity contribution in [3.05, 3.63) is 34.4 Å². The van der Waals surface area contributed by atoms with E-state index in [0.717, 1.165) is 18.4 Å². The number of fused-ring (bicyclic) bond motifs is 3. The Balaban J connectivity index is 1.12. The summed E-state index contributed by atoms with van der Waals surface area (Å²) in [5.74, 6) is -1.68. The number of epoxide rings is 1. The molecule has 40 heavy (non-hydrogen) atoms. The van der Waals surface area contributed by atoms with Crippen LogP contribution in [0.15, 0.2) is 27.6 Å². The molecule has 5 heterocycles. The molecule has 8 aliphatic rings. The minimum atomic E-state index is -1.39. The standard InChI is InChI=1S/C30H38O10/c1-13-8-17-22-25(36-13)37-18-9-15-10-19-30(39-19)23(26(15,2)12-28(18,38-17)40-22)21(32)24(33)27(3)16(6-7-29(27,30)34)14-4-5-20(31)35-11-14/h4-5,11,13,15-19,21-25,32-34H,6-10,12H2,1-3H3/t13-,15+,16+,17-,18+,19-,21-,22-,23+,24+,25-,26-,27-,28-,29+,30-/m0/s1. The first kappa shape index (κ1) is 25.2.